The van der Waals surface area contributed by atoms with Gasteiger partial charge in [0.25, 0.3) is 0 Å². The Morgan fingerprint density at radius 1 is 1.25 bits per heavy atom. The van der Waals surface area contributed by atoms with E-state index in [-0.39, 0.29) is 0 Å². The number of benzene rings is 1. The van der Waals surface area contributed by atoms with Gasteiger partial charge in [-0.1, -0.05) is 0 Å². The monoisotopic (exact) mass is 400 g/mol. The SMILES string of the molecule is Cc1c(I)ccc2sc(I)cc12. The van der Waals surface area contributed by atoms with Crippen molar-refractivity contribution in [3.63, 3.8) is 0 Å². The highest BCUT2D eigenvalue weighted by molar-refractivity contribution is 14.1. The Balaban J connectivity index is 2.89. The summed E-state index contributed by atoms with van der Waals surface area (Å²) in [5, 5.41) is 1.41. The Kier molecular flexibility index (Phi) is 2.62. The highest BCUT2D eigenvalue weighted by Crippen LogP contribution is 2.31. The van der Waals surface area contributed by atoms with Gasteiger partial charge in [-0.25, -0.2) is 0 Å². The molecule has 1 heterocycles. The zero-order valence-corrected chi connectivity index (χ0v) is 11.5. The summed E-state index contributed by atoms with van der Waals surface area (Å²) < 4.78 is 4.12. The predicted octanol–water partition coefficient (Wildman–Crippen LogP) is 4.42. The lowest BCUT2D eigenvalue weighted by molar-refractivity contribution is 1.50. The predicted molar refractivity (Wildman–Crippen MR) is 72.0 cm³/mol. The zero-order chi connectivity index (χ0) is 8.72. The van der Waals surface area contributed by atoms with E-state index >= 15 is 0 Å². The van der Waals surface area contributed by atoms with E-state index in [4.69, 9.17) is 0 Å². The molecule has 3 heteroatoms. The third-order valence-corrected chi connectivity index (χ3v) is 4.90. The molecule has 2 aromatic rings. The van der Waals surface area contributed by atoms with E-state index in [2.05, 4.69) is 70.3 Å². The number of hydrogen-bond donors (Lipinski definition) is 0. The third-order valence-electron chi connectivity index (χ3n) is 1.87. The summed E-state index contributed by atoms with van der Waals surface area (Å²) in [6.07, 6.45) is 0. The summed E-state index contributed by atoms with van der Waals surface area (Å²) in [4.78, 5) is 0. The number of rotatable bonds is 0. The second kappa shape index (κ2) is 3.42. The lowest BCUT2D eigenvalue weighted by Gasteiger charge is -1.97. The van der Waals surface area contributed by atoms with Crippen LogP contribution in [-0.4, -0.2) is 0 Å². The number of aryl methyl sites for hydroxylation is 1. The van der Waals surface area contributed by atoms with Crippen molar-refractivity contribution in [2.75, 3.05) is 0 Å². The number of fused-ring (bicyclic) bond motifs is 1. The van der Waals surface area contributed by atoms with E-state index in [1.807, 2.05) is 11.3 Å². The van der Waals surface area contributed by atoms with Gasteiger partial charge in [0, 0.05) is 8.27 Å². The van der Waals surface area contributed by atoms with Crippen molar-refractivity contribution >= 4 is 66.6 Å². The van der Waals surface area contributed by atoms with E-state index < -0.39 is 0 Å². The highest BCUT2D eigenvalue weighted by Gasteiger charge is 2.03. The van der Waals surface area contributed by atoms with Crippen LogP contribution < -0.4 is 0 Å². The minimum Gasteiger partial charge on any atom is -0.129 e. The molecule has 0 aliphatic rings. The molecular weight excluding hydrogens is 394 g/mol. The number of thiophene rings is 1. The second-order valence-corrected chi connectivity index (χ2v) is 6.77. The van der Waals surface area contributed by atoms with Gasteiger partial charge in [-0.3, -0.25) is 0 Å². The molecule has 2 rings (SSSR count). The molecule has 0 fully saturated rings. The van der Waals surface area contributed by atoms with Crippen LogP contribution in [0.1, 0.15) is 5.56 Å². The first-order valence-corrected chi connectivity index (χ1v) is 6.50. The van der Waals surface area contributed by atoms with Gasteiger partial charge < -0.3 is 0 Å². The maximum Gasteiger partial charge on any atom is 0.0666 e. The lowest BCUT2D eigenvalue weighted by Crippen LogP contribution is -1.78. The van der Waals surface area contributed by atoms with Crippen molar-refractivity contribution in [1.82, 2.24) is 0 Å². The van der Waals surface area contributed by atoms with E-state index in [9.17, 15) is 0 Å². The van der Waals surface area contributed by atoms with Gasteiger partial charge in [0.1, 0.15) is 0 Å². The summed E-state index contributed by atoms with van der Waals surface area (Å²) in [5.41, 5.74) is 1.41. The van der Waals surface area contributed by atoms with Crippen LogP contribution in [0.5, 0.6) is 0 Å². The van der Waals surface area contributed by atoms with Crippen molar-refractivity contribution in [1.29, 1.82) is 0 Å². The highest BCUT2D eigenvalue weighted by atomic mass is 127. The molecule has 0 saturated heterocycles. The smallest absolute Gasteiger partial charge is 0.0666 e. The Morgan fingerprint density at radius 2 is 2.00 bits per heavy atom. The lowest BCUT2D eigenvalue weighted by atomic mass is 10.2. The Labute approximate surface area is 103 Å². The minimum atomic E-state index is 1.36. The average Bonchev–Trinajstić information content (AvgIpc) is 2.39. The van der Waals surface area contributed by atoms with Crippen LogP contribution in [0.4, 0.5) is 0 Å². The molecule has 0 atom stereocenters. The topological polar surface area (TPSA) is 0 Å². The van der Waals surface area contributed by atoms with Crippen molar-refractivity contribution in [3.8, 4) is 0 Å². The summed E-state index contributed by atoms with van der Waals surface area (Å²) in [7, 11) is 0. The summed E-state index contributed by atoms with van der Waals surface area (Å²) in [5.74, 6) is 0. The normalized spacial score (nSPS) is 10.9. The van der Waals surface area contributed by atoms with Crippen molar-refractivity contribution in [3.05, 3.63) is 30.2 Å². The minimum absolute atomic E-state index is 1.36. The van der Waals surface area contributed by atoms with Gasteiger partial charge >= 0.3 is 0 Å². The molecule has 0 saturated carbocycles. The summed E-state index contributed by atoms with van der Waals surface area (Å²) in [6.45, 7) is 2.19. The molecule has 0 unspecified atom stereocenters. The zero-order valence-electron chi connectivity index (χ0n) is 6.40. The molecule has 0 aliphatic heterocycles. The molecule has 12 heavy (non-hydrogen) atoms. The first-order valence-electron chi connectivity index (χ1n) is 3.52. The van der Waals surface area contributed by atoms with Crippen LogP contribution in [0.25, 0.3) is 10.1 Å². The maximum absolute atomic E-state index is 2.38. The van der Waals surface area contributed by atoms with Crippen molar-refractivity contribution in [2.45, 2.75) is 6.92 Å². The van der Waals surface area contributed by atoms with Crippen LogP contribution in [0, 0.1) is 13.4 Å². The Bertz CT molecular complexity index is 431. The van der Waals surface area contributed by atoms with Crippen molar-refractivity contribution in [2.24, 2.45) is 0 Å². The van der Waals surface area contributed by atoms with Gasteiger partial charge in [0.05, 0.1) is 2.88 Å². The van der Waals surface area contributed by atoms with Crippen LogP contribution in [-0.2, 0) is 0 Å². The fraction of sp³-hybridized carbons (Fsp3) is 0.111. The number of hydrogen-bond acceptors (Lipinski definition) is 1. The molecular formula is C9H6I2S. The molecule has 62 valence electrons. The van der Waals surface area contributed by atoms with Crippen molar-refractivity contribution < 1.29 is 0 Å². The number of halogens is 2. The van der Waals surface area contributed by atoms with Gasteiger partial charge in [-0.15, -0.1) is 11.3 Å². The van der Waals surface area contributed by atoms with Crippen LogP contribution in [0.15, 0.2) is 18.2 Å². The maximum atomic E-state index is 2.38. The summed E-state index contributed by atoms with van der Waals surface area (Å²) in [6, 6.07) is 6.65. The molecule has 0 aliphatic carbocycles. The fourth-order valence-electron chi connectivity index (χ4n) is 1.19. The van der Waals surface area contributed by atoms with Crippen LogP contribution in [0.3, 0.4) is 0 Å². The molecule has 0 radical (unpaired) electrons. The Hall–Kier alpha value is 0.640. The van der Waals surface area contributed by atoms with Gasteiger partial charge in [-0.2, -0.15) is 0 Å². The van der Waals surface area contributed by atoms with E-state index in [1.165, 1.54) is 22.1 Å². The van der Waals surface area contributed by atoms with Crippen LogP contribution in [0.2, 0.25) is 0 Å². The average molecular weight is 400 g/mol. The second-order valence-electron chi connectivity index (χ2n) is 2.63. The quantitative estimate of drug-likeness (QED) is 0.575. The molecule has 0 amide bonds. The van der Waals surface area contributed by atoms with Crippen LogP contribution >= 0.6 is 56.5 Å². The molecule has 0 nitrogen and oxygen atoms in total. The molecule has 1 aromatic heterocycles. The molecule has 0 spiro atoms. The molecule has 0 bridgehead atoms. The molecule has 1 aromatic carbocycles. The third kappa shape index (κ3) is 1.50. The first kappa shape index (κ1) is 9.21. The fourth-order valence-corrected chi connectivity index (χ4v) is 3.53. The Morgan fingerprint density at radius 3 is 2.75 bits per heavy atom. The largest absolute Gasteiger partial charge is 0.129 e. The van der Waals surface area contributed by atoms with Gasteiger partial charge in [-0.05, 0) is 81.3 Å². The van der Waals surface area contributed by atoms with E-state index in [0.29, 0.717) is 0 Å². The molecule has 0 N–H and O–H groups in total. The van der Waals surface area contributed by atoms with E-state index in [0.717, 1.165) is 0 Å². The standard InChI is InChI=1S/C9H6I2S/c1-5-6-4-9(11)12-8(6)3-2-7(5)10/h2-4H,1H3. The van der Waals surface area contributed by atoms with Gasteiger partial charge in [0.15, 0.2) is 0 Å². The summed E-state index contributed by atoms with van der Waals surface area (Å²) >= 11 is 6.62. The van der Waals surface area contributed by atoms with Gasteiger partial charge in [0.2, 0.25) is 0 Å². The van der Waals surface area contributed by atoms with E-state index in [1.54, 1.807) is 0 Å². The first-order chi connectivity index (χ1) is 5.68.